The molecule has 0 aromatic heterocycles. The summed E-state index contributed by atoms with van der Waals surface area (Å²) in [5.74, 6) is 0.0850. The SMILES string of the molecule is CC1=C(C)NC(=O)CN(C)C1. The van der Waals surface area contributed by atoms with Crippen LogP contribution in [0, 0.1) is 0 Å². The molecular formula is C8H14N2O. The van der Waals surface area contributed by atoms with Crippen molar-refractivity contribution in [1.29, 1.82) is 0 Å². The summed E-state index contributed by atoms with van der Waals surface area (Å²) in [6.07, 6.45) is 0. The third-order valence-electron chi connectivity index (χ3n) is 1.89. The van der Waals surface area contributed by atoms with Gasteiger partial charge in [0.1, 0.15) is 0 Å². The molecule has 0 saturated heterocycles. The second-order valence-corrected chi connectivity index (χ2v) is 3.13. The van der Waals surface area contributed by atoms with Crippen LogP contribution in [0.3, 0.4) is 0 Å². The quantitative estimate of drug-likeness (QED) is 0.545. The number of nitrogens with one attached hydrogen (secondary N) is 1. The Kier molecular flexibility index (Phi) is 2.29. The molecule has 0 radical (unpaired) electrons. The molecular weight excluding hydrogens is 140 g/mol. The van der Waals surface area contributed by atoms with Crippen LogP contribution in [0.1, 0.15) is 13.8 Å². The molecule has 3 nitrogen and oxygen atoms in total. The normalized spacial score (nSPS) is 21.5. The van der Waals surface area contributed by atoms with Crippen molar-refractivity contribution in [3.05, 3.63) is 11.3 Å². The predicted molar refractivity (Wildman–Crippen MR) is 44.0 cm³/mol. The molecule has 1 heterocycles. The van der Waals surface area contributed by atoms with Crippen LogP contribution in [0.4, 0.5) is 0 Å². The molecule has 1 rings (SSSR count). The van der Waals surface area contributed by atoms with E-state index in [1.54, 1.807) is 0 Å². The van der Waals surface area contributed by atoms with Crippen molar-refractivity contribution in [2.45, 2.75) is 13.8 Å². The Morgan fingerprint density at radius 2 is 2.00 bits per heavy atom. The fourth-order valence-corrected chi connectivity index (χ4v) is 1.18. The number of carbonyl (C=O) groups is 1. The van der Waals surface area contributed by atoms with Crippen LogP contribution in [-0.4, -0.2) is 30.9 Å². The van der Waals surface area contributed by atoms with E-state index in [1.807, 2.05) is 25.8 Å². The minimum atomic E-state index is 0.0850. The average molecular weight is 154 g/mol. The van der Waals surface area contributed by atoms with Gasteiger partial charge in [-0.3, -0.25) is 9.69 Å². The molecule has 0 saturated carbocycles. The van der Waals surface area contributed by atoms with Crippen molar-refractivity contribution in [3.63, 3.8) is 0 Å². The lowest BCUT2D eigenvalue weighted by molar-refractivity contribution is -0.120. The Morgan fingerprint density at radius 1 is 1.36 bits per heavy atom. The van der Waals surface area contributed by atoms with Crippen LogP contribution in [0.15, 0.2) is 11.3 Å². The van der Waals surface area contributed by atoms with Crippen LogP contribution in [0.25, 0.3) is 0 Å². The third kappa shape index (κ3) is 2.05. The standard InChI is InChI=1S/C8H14N2O/c1-6-4-10(3)5-8(11)9-7(6)2/h4-5H2,1-3H3,(H,9,11). The minimum Gasteiger partial charge on any atom is -0.329 e. The number of nitrogens with zero attached hydrogens (tertiary/aromatic N) is 1. The lowest BCUT2D eigenvalue weighted by Gasteiger charge is -2.11. The van der Waals surface area contributed by atoms with Gasteiger partial charge in [-0.05, 0) is 26.5 Å². The minimum absolute atomic E-state index is 0.0850. The van der Waals surface area contributed by atoms with Crippen molar-refractivity contribution < 1.29 is 4.79 Å². The molecule has 1 amide bonds. The molecule has 0 aromatic carbocycles. The smallest absolute Gasteiger partial charge is 0.238 e. The zero-order chi connectivity index (χ0) is 8.43. The number of hydrogen-bond acceptors (Lipinski definition) is 2. The van der Waals surface area contributed by atoms with Gasteiger partial charge in [0.25, 0.3) is 0 Å². The van der Waals surface area contributed by atoms with Crippen LogP contribution in [0.5, 0.6) is 0 Å². The van der Waals surface area contributed by atoms with Gasteiger partial charge in [-0.15, -0.1) is 0 Å². The number of carbonyl (C=O) groups excluding carboxylic acids is 1. The largest absolute Gasteiger partial charge is 0.329 e. The van der Waals surface area contributed by atoms with E-state index in [4.69, 9.17) is 0 Å². The van der Waals surface area contributed by atoms with Crippen LogP contribution >= 0.6 is 0 Å². The average Bonchev–Trinajstić information content (AvgIpc) is 1.93. The molecule has 3 heteroatoms. The van der Waals surface area contributed by atoms with E-state index >= 15 is 0 Å². The van der Waals surface area contributed by atoms with Crippen LogP contribution < -0.4 is 5.32 Å². The molecule has 0 spiro atoms. The van der Waals surface area contributed by atoms with Crippen LogP contribution in [0.2, 0.25) is 0 Å². The summed E-state index contributed by atoms with van der Waals surface area (Å²) < 4.78 is 0. The van der Waals surface area contributed by atoms with Gasteiger partial charge in [0.15, 0.2) is 0 Å². The van der Waals surface area contributed by atoms with E-state index in [0.717, 1.165) is 12.2 Å². The van der Waals surface area contributed by atoms with Crippen molar-refractivity contribution in [2.24, 2.45) is 0 Å². The van der Waals surface area contributed by atoms with E-state index < -0.39 is 0 Å². The molecule has 0 aromatic rings. The maximum atomic E-state index is 11.1. The number of likely N-dealkylation sites (N-methyl/N-ethyl adjacent to an activating group) is 1. The number of allylic oxidation sites excluding steroid dienone is 1. The zero-order valence-corrected chi connectivity index (χ0v) is 7.27. The highest BCUT2D eigenvalue weighted by Crippen LogP contribution is 2.05. The molecule has 0 fully saturated rings. The molecule has 1 aliphatic heterocycles. The summed E-state index contributed by atoms with van der Waals surface area (Å²) in [6.45, 7) is 5.35. The summed E-state index contributed by atoms with van der Waals surface area (Å²) in [7, 11) is 1.95. The van der Waals surface area contributed by atoms with Crippen molar-refractivity contribution in [3.8, 4) is 0 Å². The summed E-state index contributed by atoms with van der Waals surface area (Å²) in [5, 5.41) is 2.82. The lowest BCUT2D eigenvalue weighted by Crippen LogP contribution is -2.30. The highest BCUT2D eigenvalue weighted by atomic mass is 16.2. The fraction of sp³-hybridized carbons (Fsp3) is 0.625. The van der Waals surface area contributed by atoms with Gasteiger partial charge in [0.05, 0.1) is 6.54 Å². The van der Waals surface area contributed by atoms with E-state index in [0.29, 0.717) is 6.54 Å². The van der Waals surface area contributed by atoms with E-state index in [2.05, 4.69) is 5.32 Å². The zero-order valence-electron chi connectivity index (χ0n) is 7.27. The summed E-state index contributed by atoms with van der Waals surface area (Å²) in [6, 6.07) is 0. The van der Waals surface area contributed by atoms with E-state index in [1.165, 1.54) is 5.57 Å². The molecule has 0 atom stereocenters. The van der Waals surface area contributed by atoms with Crippen molar-refractivity contribution in [2.75, 3.05) is 20.1 Å². The van der Waals surface area contributed by atoms with Gasteiger partial charge < -0.3 is 5.32 Å². The molecule has 1 N–H and O–H groups in total. The molecule has 0 aliphatic carbocycles. The molecule has 0 bridgehead atoms. The predicted octanol–water partition coefficient (Wildman–Crippen LogP) is 0.342. The Morgan fingerprint density at radius 3 is 2.64 bits per heavy atom. The Labute approximate surface area is 67.1 Å². The number of amides is 1. The van der Waals surface area contributed by atoms with Crippen molar-refractivity contribution >= 4 is 5.91 Å². The molecule has 0 unspecified atom stereocenters. The highest BCUT2D eigenvalue weighted by molar-refractivity contribution is 5.80. The van der Waals surface area contributed by atoms with Gasteiger partial charge in [-0.1, -0.05) is 0 Å². The van der Waals surface area contributed by atoms with Crippen LogP contribution in [-0.2, 0) is 4.79 Å². The van der Waals surface area contributed by atoms with E-state index in [-0.39, 0.29) is 5.91 Å². The number of rotatable bonds is 0. The van der Waals surface area contributed by atoms with Gasteiger partial charge in [-0.2, -0.15) is 0 Å². The summed E-state index contributed by atoms with van der Waals surface area (Å²) >= 11 is 0. The first-order valence-corrected chi connectivity index (χ1v) is 3.74. The van der Waals surface area contributed by atoms with Gasteiger partial charge in [0.2, 0.25) is 5.91 Å². The fourth-order valence-electron chi connectivity index (χ4n) is 1.18. The van der Waals surface area contributed by atoms with Crippen molar-refractivity contribution in [1.82, 2.24) is 10.2 Å². The summed E-state index contributed by atoms with van der Waals surface area (Å²) in [4.78, 5) is 13.1. The first-order chi connectivity index (χ1) is 5.09. The topological polar surface area (TPSA) is 32.3 Å². The second-order valence-electron chi connectivity index (χ2n) is 3.13. The molecule has 1 aliphatic rings. The highest BCUT2D eigenvalue weighted by Gasteiger charge is 2.12. The monoisotopic (exact) mass is 154 g/mol. The first-order valence-electron chi connectivity index (χ1n) is 3.74. The van der Waals surface area contributed by atoms with E-state index in [9.17, 15) is 4.79 Å². The lowest BCUT2D eigenvalue weighted by atomic mass is 10.2. The molecule has 62 valence electrons. The second kappa shape index (κ2) is 3.05. The maximum Gasteiger partial charge on any atom is 0.238 e. The van der Waals surface area contributed by atoms with Gasteiger partial charge >= 0.3 is 0 Å². The Balaban J connectivity index is 2.77. The summed E-state index contributed by atoms with van der Waals surface area (Å²) in [5.41, 5.74) is 2.23. The molecule has 11 heavy (non-hydrogen) atoms. The Hall–Kier alpha value is -0.830. The first kappa shape index (κ1) is 8.27. The Bertz CT molecular complexity index is 208. The van der Waals surface area contributed by atoms with Gasteiger partial charge in [-0.25, -0.2) is 0 Å². The maximum absolute atomic E-state index is 11.1. The third-order valence-corrected chi connectivity index (χ3v) is 1.89. The number of hydrogen-bond donors (Lipinski definition) is 1. The van der Waals surface area contributed by atoms with Gasteiger partial charge in [0, 0.05) is 12.2 Å².